The highest BCUT2D eigenvalue weighted by molar-refractivity contribution is 5.95. The number of aliphatic hydroxyl groups is 1. The number of carbonyl (C=O) groups is 3. The molecule has 4 aliphatic heterocycles. The maximum atomic E-state index is 14.2. The number of ether oxygens (including phenoxy) is 1. The minimum absolute atomic E-state index is 0.169. The van der Waals surface area contributed by atoms with E-state index < -0.39 is 41.6 Å². The molecule has 236 valence electrons. The van der Waals surface area contributed by atoms with E-state index in [9.17, 15) is 19.5 Å². The van der Waals surface area contributed by atoms with Crippen LogP contribution < -0.4 is 20.7 Å². The quantitative estimate of drug-likeness (QED) is 0.343. The maximum Gasteiger partial charge on any atom is 0.276 e. The van der Waals surface area contributed by atoms with Gasteiger partial charge in [-0.25, -0.2) is 4.98 Å². The molecule has 3 amide bonds. The van der Waals surface area contributed by atoms with Crippen LogP contribution in [0.4, 0.5) is 5.69 Å². The van der Waals surface area contributed by atoms with Crippen molar-refractivity contribution >= 4 is 23.4 Å². The number of para-hydroxylation sites is 1. The van der Waals surface area contributed by atoms with Crippen LogP contribution in [0.5, 0.6) is 5.75 Å². The molecule has 11 heteroatoms. The number of amides is 3. The molecule has 3 aromatic rings. The maximum absolute atomic E-state index is 14.2. The summed E-state index contributed by atoms with van der Waals surface area (Å²) in [6, 6.07) is 11.9. The highest BCUT2D eigenvalue weighted by atomic mass is 16.5. The Morgan fingerprint density at radius 2 is 1.82 bits per heavy atom. The fourth-order valence-corrected chi connectivity index (χ4v) is 7.08. The van der Waals surface area contributed by atoms with Crippen LogP contribution in [0, 0.1) is 11.8 Å². The standard InChI is InChI=1S/C34H39N5O6/c1-17(2)25-31-38-26(32(43)39-13-7-8-14-39)28(45-31)34-20-9-5-6-10-22(20)36-33(34)44-24-12-11-19(15-21(24)34)16-23(29(41)37-25)35-30(42)27(40)18(3)4/h5-6,9-12,15,17-18,23,25,27,33,36,40H,7-8,13-14,16H2,1-4H3,(H,35,42)(H,37,41)/t23-,25-,27-,33?,34?/m0/s1. The van der Waals surface area contributed by atoms with E-state index in [0.717, 1.165) is 35.2 Å². The van der Waals surface area contributed by atoms with Crippen molar-refractivity contribution in [3.63, 3.8) is 0 Å². The molecule has 1 spiro atoms. The summed E-state index contributed by atoms with van der Waals surface area (Å²) in [5, 5.41) is 19.8. The Morgan fingerprint density at radius 3 is 2.56 bits per heavy atom. The topological polar surface area (TPSA) is 146 Å². The van der Waals surface area contributed by atoms with Crippen LogP contribution in [0.2, 0.25) is 0 Å². The van der Waals surface area contributed by atoms with E-state index >= 15 is 0 Å². The molecule has 2 unspecified atom stereocenters. The smallest absolute Gasteiger partial charge is 0.276 e. The minimum Gasteiger partial charge on any atom is -0.469 e. The average molecular weight is 614 g/mol. The molecule has 1 aromatic heterocycles. The van der Waals surface area contributed by atoms with Crippen LogP contribution in [0.25, 0.3) is 0 Å². The first-order chi connectivity index (χ1) is 21.6. The predicted octanol–water partition coefficient (Wildman–Crippen LogP) is 3.26. The molecule has 0 aliphatic carbocycles. The van der Waals surface area contributed by atoms with Gasteiger partial charge in [-0.05, 0) is 47.9 Å². The van der Waals surface area contributed by atoms with Crippen molar-refractivity contribution in [2.24, 2.45) is 11.8 Å². The molecular weight excluding hydrogens is 574 g/mol. The highest BCUT2D eigenvalue weighted by Crippen LogP contribution is 2.58. The summed E-state index contributed by atoms with van der Waals surface area (Å²) < 4.78 is 13.3. The van der Waals surface area contributed by atoms with Crippen molar-refractivity contribution in [3.8, 4) is 5.75 Å². The Balaban J connectivity index is 1.46. The third-order valence-corrected chi connectivity index (χ3v) is 9.55. The number of hydrogen-bond acceptors (Lipinski definition) is 8. The molecule has 11 nitrogen and oxygen atoms in total. The zero-order valence-corrected chi connectivity index (χ0v) is 25.9. The first kappa shape index (κ1) is 29.3. The molecule has 0 saturated carbocycles. The molecule has 7 rings (SSSR count). The number of fused-ring (bicyclic) bond motifs is 4. The zero-order valence-electron chi connectivity index (χ0n) is 25.9. The van der Waals surface area contributed by atoms with Gasteiger partial charge in [-0.3, -0.25) is 14.4 Å². The SMILES string of the molecule is CC(C)[C@H](O)C(=O)N[C@H]1Cc2ccc3c(c2)C2(c4ccccc4NC2O3)c2oc(nc2C(=O)N2CCCC2)[C@H](C(C)C)NC1=O. The minimum atomic E-state index is -1.27. The van der Waals surface area contributed by atoms with Crippen LogP contribution in [0.1, 0.15) is 85.4 Å². The summed E-state index contributed by atoms with van der Waals surface area (Å²) in [6.07, 6.45) is 0.123. The normalized spacial score (nSPS) is 25.4. The first-order valence-corrected chi connectivity index (χ1v) is 15.8. The van der Waals surface area contributed by atoms with Gasteiger partial charge in [-0.2, -0.15) is 0 Å². The summed E-state index contributed by atoms with van der Waals surface area (Å²) in [5.41, 5.74) is 2.49. The molecule has 5 atom stereocenters. The number of hydrogen-bond donors (Lipinski definition) is 4. The van der Waals surface area contributed by atoms with Gasteiger partial charge in [0.2, 0.25) is 17.7 Å². The summed E-state index contributed by atoms with van der Waals surface area (Å²) >= 11 is 0. The van der Waals surface area contributed by atoms with Crippen molar-refractivity contribution in [1.29, 1.82) is 0 Å². The fourth-order valence-electron chi connectivity index (χ4n) is 7.08. The van der Waals surface area contributed by atoms with Crippen molar-refractivity contribution in [1.82, 2.24) is 20.5 Å². The third kappa shape index (κ3) is 4.58. The molecule has 1 saturated heterocycles. The number of nitrogens with zero attached hydrogens (tertiary/aromatic N) is 2. The molecule has 0 radical (unpaired) electrons. The Labute approximate surface area is 261 Å². The second kappa shape index (κ2) is 10.9. The van der Waals surface area contributed by atoms with Gasteiger partial charge in [0.1, 0.15) is 29.4 Å². The van der Waals surface area contributed by atoms with Crippen LogP contribution in [0.15, 0.2) is 46.9 Å². The largest absolute Gasteiger partial charge is 0.469 e. The lowest BCUT2D eigenvalue weighted by atomic mass is 9.72. The van der Waals surface area contributed by atoms with Crippen LogP contribution >= 0.6 is 0 Å². The zero-order chi connectivity index (χ0) is 31.6. The number of oxazole rings is 1. The van der Waals surface area contributed by atoms with Crippen molar-refractivity contribution in [2.45, 2.75) is 76.8 Å². The number of nitrogens with one attached hydrogen (secondary N) is 3. The molecule has 5 heterocycles. The molecule has 4 N–H and O–H groups in total. The van der Waals surface area contributed by atoms with Gasteiger partial charge in [0.25, 0.3) is 5.91 Å². The van der Waals surface area contributed by atoms with E-state index in [0.29, 0.717) is 24.6 Å². The lowest BCUT2D eigenvalue weighted by Crippen LogP contribution is -2.52. The molecule has 4 bridgehead atoms. The summed E-state index contributed by atoms with van der Waals surface area (Å²) in [6.45, 7) is 8.63. The van der Waals surface area contributed by atoms with E-state index in [-0.39, 0.29) is 35.7 Å². The lowest BCUT2D eigenvalue weighted by molar-refractivity contribution is -0.135. The number of anilines is 1. The van der Waals surface area contributed by atoms with Gasteiger partial charge in [-0.15, -0.1) is 0 Å². The number of benzene rings is 2. The number of aliphatic hydroxyl groups excluding tert-OH is 1. The van der Waals surface area contributed by atoms with E-state index in [4.69, 9.17) is 14.1 Å². The monoisotopic (exact) mass is 613 g/mol. The number of aromatic nitrogens is 1. The number of carbonyl (C=O) groups excluding carboxylic acids is 3. The Bertz CT molecular complexity index is 1680. The van der Waals surface area contributed by atoms with Crippen molar-refractivity contribution in [3.05, 3.63) is 76.5 Å². The van der Waals surface area contributed by atoms with Crippen molar-refractivity contribution in [2.75, 3.05) is 18.4 Å². The first-order valence-electron chi connectivity index (χ1n) is 15.8. The van der Waals surface area contributed by atoms with Crippen LogP contribution in [-0.4, -0.2) is 64.2 Å². The van der Waals surface area contributed by atoms with Crippen LogP contribution in [-0.2, 0) is 21.4 Å². The summed E-state index contributed by atoms with van der Waals surface area (Å²) in [4.78, 5) is 47.8. The van der Waals surface area contributed by atoms with Gasteiger partial charge >= 0.3 is 0 Å². The Kier molecular flexibility index (Phi) is 7.11. The number of rotatable bonds is 5. The molecule has 4 aliphatic rings. The van der Waals surface area contributed by atoms with E-state index in [1.165, 1.54) is 0 Å². The molecule has 2 aromatic carbocycles. The fraction of sp³-hybridized carbons (Fsp3) is 0.471. The predicted molar refractivity (Wildman–Crippen MR) is 165 cm³/mol. The van der Waals surface area contributed by atoms with E-state index in [1.807, 2.05) is 61.2 Å². The Hall–Kier alpha value is -4.38. The van der Waals surface area contributed by atoms with Gasteiger partial charge in [0, 0.05) is 30.8 Å². The molecule has 1 fully saturated rings. The molecular formula is C34H39N5O6. The van der Waals surface area contributed by atoms with Gasteiger partial charge in [0.05, 0.1) is 0 Å². The van der Waals surface area contributed by atoms with Gasteiger partial charge < -0.3 is 35.1 Å². The van der Waals surface area contributed by atoms with E-state index in [1.54, 1.807) is 13.8 Å². The third-order valence-electron chi connectivity index (χ3n) is 9.55. The highest BCUT2D eigenvalue weighted by Gasteiger charge is 2.61. The second-order valence-electron chi connectivity index (χ2n) is 13.2. The summed E-state index contributed by atoms with van der Waals surface area (Å²) in [7, 11) is 0. The number of likely N-dealkylation sites (tertiary alicyclic amines) is 1. The van der Waals surface area contributed by atoms with Gasteiger partial charge in [-0.1, -0.05) is 58.0 Å². The molecule has 45 heavy (non-hydrogen) atoms. The van der Waals surface area contributed by atoms with Gasteiger partial charge in [0.15, 0.2) is 17.7 Å². The summed E-state index contributed by atoms with van der Waals surface area (Å²) in [5.74, 6) is -0.551. The second-order valence-corrected chi connectivity index (χ2v) is 13.2. The van der Waals surface area contributed by atoms with Crippen LogP contribution in [0.3, 0.4) is 0 Å². The lowest BCUT2D eigenvalue weighted by Gasteiger charge is -2.29. The van der Waals surface area contributed by atoms with E-state index in [2.05, 4.69) is 16.0 Å². The average Bonchev–Trinajstić information content (AvgIpc) is 3.80. The Morgan fingerprint density at radius 1 is 1.07 bits per heavy atom. The van der Waals surface area contributed by atoms with Crippen molar-refractivity contribution < 1.29 is 28.6 Å².